The van der Waals surface area contributed by atoms with Crippen LogP contribution in [0.15, 0.2) is 35.2 Å². The molecule has 1 aromatic heterocycles. The lowest BCUT2D eigenvalue weighted by Crippen LogP contribution is -2.15. The molecule has 0 amide bonds. The highest BCUT2D eigenvalue weighted by Crippen LogP contribution is 2.19. The van der Waals surface area contributed by atoms with E-state index in [1.807, 2.05) is 0 Å². The maximum atomic E-state index is 12.1. The Morgan fingerprint density at radius 3 is 2.70 bits per heavy atom. The lowest BCUT2D eigenvalue weighted by atomic mass is 10.3. The van der Waals surface area contributed by atoms with Crippen LogP contribution >= 0.6 is 11.6 Å². The van der Waals surface area contributed by atoms with Gasteiger partial charge in [0.05, 0.1) is 12.0 Å². The third-order valence-corrected chi connectivity index (χ3v) is 3.79. The van der Waals surface area contributed by atoms with Gasteiger partial charge in [-0.2, -0.15) is 4.98 Å². The van der Waals surface area contributed by atoms with Crippen LogP contribution in [0.3, 0.4) is 0 Å². The van der Waals surface area contributed by atoms with Gasteiger partial charge in [0.15, 0.2) is 0 Å². The van der Waals surface area contributed by atoms with Gasteiger partial charge >= 0.3 is 0 Å². The van der Waals surface area contributed by atoms with E-state index >= 15 is 0 Å². The van der Waals surface area contributed by atoms with Gasteiger partial charge in [-0.05, 0) is 18.2 Å². The van der Waals surface area contributed by atoms with Gasteiger partial charge in [0, 0.05) is 11.8 Å². The second-order valence-electron chi connectivity index (χ2n) is 3.73. The van der Waals surface area contributed by atoms with E-state index < -0.39 is 10.0 Å². The molecule has 9 heteroatoms. The lowest BCUT2D eigenvalue weighted by molar-refractivity contribution is 0.397. The monoisotopic (exact) mass is 314 g/mol. The normalized spacial score (nSPS) is 11.1. The maximum absolute atomic E-state index is 12.1. The van der Waals surface area contributed by atoms with Crippen LogP contribution in [0.1, 0.15) is 0 Å². The van der Waals surface area contributed by atoms with E-state index in [9.17, 15) is 8.42 Å². The summed E-state index contributed by atoms with van der Waals surface area (Å²) in [6, 6.07) is 7.20. The molecule has 0 saturated heterocycles. The zero-order chi connectivity index (χ0) is 14.8. The van der Waals surface area contributed by atoms with Gasteiger partial charge in [0.25, 0.3) is 10.0 Å². The molecule has 0 aliphatic rings. The molecule has 3 N–H and O–H groups in total. The largest absolute Gasteiger partial charge is 0.481 e. The smallest absolute Gasteiger partial charge is 0.264 e. The molecule has 0 fully saturated rings. The highest BCUT2D eigenvalue weighted by atomic mass is 35.5. The fraction of sp³-hybridized carbons (Fsp3) is 0.0909. The van der Waals surface area contributed by atoms with Crippen molar-refractivity contribution in [3.8, 4) is 5.88 Å². The fourth-order valence-electron chi connectivity index (χ4n) is 1.41. The number of anilines is 2. The standard InChI is InChI=1S/C11H11ClN4O3S/c1-19-10-6-9(12)14-11(15-10)16-20(17,18)8-4-2-3-7(13)5-8/h2-6H,13H2,1H3,(H,14,15,16). The van der Waals surface area contributed by atoms with Crippen molar-refractivity contribution in [2.45, 2.75) is 4.90 Å². The van der Waals surface area contributed by atoms with E-state index in [1.54, 1.807) is 6.07 Å². The minimum Gasteiger partial charge on any atom is -0.481 e. The number of hydrogen-bond acceptors (Lipinski definition) is 6. The number of nitrogens with zero attached hydrogens (tertiary/aromatic N) is 2. The highest BCUT2D eigenvalue weighted by molar-refractivity contribution is 7.92. The Kier molecular flexibility index (Phi) is 3.96. The SMILES string of the molecule is COc1cc(Cl)nc(NS(=O)(=O)c2cccc(N)c2)n1. The Labute approximate surface area is 120 Å². The van der Waals surface area contributed by atoms with Crippen molar-refractivity contribution in [3.05, 3.63) is 35.5 Å². The zero-order valence-corrected chi connectivity index (χ0v) is 11.9. The number of hydrogen-bond donors (Lipinski definition) is 2. The first-order chi connectivity index (χ1) is 9.40. The molecular weight excluding hydrogens is 304 g/mol. The van der Waals surface area contributed by atoms with Crippen molar-refractivity contribution in [2.75, 3.05) is 17.6 Å². The van der Waals surface area contributed by atoms with Crippen LogP contribution in [0.4, 0.5) is 11.6 Å². The highest BCUT2D eigenvalue weighted by Gasteiger charge is 2.16. The van der Waals surface area contributed by atoms with Gasteiger partial charge in [0.1, 0.15) is 5.15 Å². The van der Waals surface area contributed by atoms with Crippen molar-refractivity contribution in [3.63, 3.8) is 0 Å². The van der Waals surface area contributed by atoms with E-state index in [1.165, 1.54) is 31.4 Å². The molecule has 0 aliphatic heterocycles. The number of methoxy groups -OCH3 is 1. The van der Waals surface area contributed by atoms with Crippen LogP contribution in [0.2, 0.25) is 5.15 Å². The first-order valence-electron chi connectivity index (χ1n) is 5.37. The minimum absolute atomic E-state index is 0.0000392. The first-order valence-corrected chi connectivity index (χ1v) is 7.24. The number of rotatable bonds is 4. The number of sulfonamides is 1. The molecule has 2 rings (SSSR count). The average Bonchev–Trinajstić information content (AvgIpc) is 2.37. The summed E-state index contributed by atoms with van der Waals surface area (Å²) in [6.45, 7) is 0. The van der Waals surface area contributed by atoms with Crippen molar-refractivity contribution in [1.29, 1.82) is 0 Å². The predicted octanol–water partition coefficient (Wildman–Crippen LogP) is 1.52. The Morgan fingerprint density at radius 2 is 2.05 bits per heavy atom. The summed E-state index contributed by atoms with van der Waals surface area (Å²) in [5, 5.41) is 0.0575. The molecule has 1 aromatic carbocycles. The second kappa shape index (κ2) is 5.51. The van der Waals surface area contributed by atoms with Gasteiger partial charge < -0.3 is 10.5 Å². The molecule has 7 nitrogen and oxygen atoms in total. The summed E-state index contributed by atoms with van der Waals surface area (Å²) in [5.41, 5.74) is 5.88. The molecule has 0 aliphatic carbocycles. The van der Waals surface area contributed by atoms with Gasteiger partial charge in [0.2, 0.25) is 11.8 Å². The van der Waals surface area contributed by atoms with E-state index in [2.05, 4.69) is 14.7 Å². The Bertz CT molecular complexity index is 736. The fourth-order valence-corrected chi connectivity index (χ4v) is 2.58. The van der Waals surface area contributed by atoms with E-state index in [0.29, 0.717) is 5.69 Å². The molecule has 2 aromatic rings. The second-order valence-corrected chi connectivity index (χ2v) is 5.80. The number of benzene rings is 1. The summed E-state index contributed by atoms with van der Waals surface area (Å²) in [5.74, 6) is -0.0351. The summed E-state index contributed by atoms with van der Waals surface area (Å²) in [7, 11) is -2.46. The van der Waals surface area contributed by atoms with Crippen LogP contribution in [0.25, 0.3) is 0 Å². The summed E-state index contributed by atoms with van der Waals surface area (Å²) in [6.07, 6.45) is 0. The number of aromatic nitrogens is 2. The Morgan fingerprint density at radius 1 is 1.30 bits per heavy atom. The zero-order valence-electron chi connectivity index (χ0n) is 10.4. The quantitative estimate of drug-likeness (QED) is 0.654. The number of halogens is 1. The summed E-state index contributed by atoms with van der Waals surface area (Å²) < 4.78 is 31.4. The topological polar surface area (TPSA) is 107 Å². The molecule has 0 atom stereocenters. The number of nitrogens with one attached hydrogen (secondary N) is 1. The van der Waals surface area contributed by atoms with Gasteiger partial charge in [-0.25, -0.2) is 18.1 Å². The molecule has 0 spiro atoms. The van der Waals surface area contributed by atoms with Crippen LogP contribution in [-0.4, -0.2) is 25.5 Å². The average molecular weight is 315 g/mol. The molecule has 0 bridgehead atoms. The van der Waals surface area contributed by atoms with Crippen LogP contribution in [0, 0.1) is 0 Å². The number of ether oxygens (including phenoxy) is 1. The maximum Gasteiger partial charge on any atom is 0.264 e. The van der Waals surface area contributed by atoms with Crippen LogP contribution in [-0.2, 0) is 10.0 Å². The molecular formula is C11H11ClN4O3S. The molecule has 0 saturated carbocycles. The van der Waals surface area contributed by atoms with Gasteiger partial charge in [-0.1, -0.05) is 17.7 Å². The molecule has 0 unspecified atom stereocenters. The first kappa shape index (κ1) is 14.4. The van der Waals surface area contributed by atoms with Crippen molar-refractivity contribution < 1.29 is 13.2 Å². The minimum atomic E-state index is -3.85. The summed E-state index contributed by atoms with van der Waals surface area (Å²) in [4.78, 5) is 7.61. The van der Waals surface area contributed by atoms with Crippen LogP contribution in [0.5, 0.6) is 5.88 Å². The van der Waals surface area contributed by atoms with Crippen molar-refractivity contribution in [2.24, 2.45) is 0 Å². The number of nitrogen functional groups attached to an aromatic ring is 1. The predicted molar refractivity (Wildman–Crippen MR) is 75.3 cm³/mol. The number of nitrogens with two attached hydrogens (primary N) is 1. The van der Waals surface area contributed by atoms with E-state index in [-0.39, 0.29) is 21.9 Å². The Balaban J connectivity index is 2.35. The van der Waals surface area contributed by atoms with E-state index in [0.717, 1.165) is 0 Å². The lowest BCUT2D eigenvalue weighted by Gasteiger charge is -2.08. The molecule has 1 heterocycles. The Hall–Kier alpha value is -2.06. The third-order valence-electron chi connectivity index (χ3n) is 2.27. The van der Waals surface area contributed by atoms with E-state index in [4.69, 9.17) is 22.1 Å². The van der Waals surface area contributed by atoms with Gasteiger partial charge in [-0.15, -0.1) is 0 Å². The molecule has 20 heavy (non-hydrogen) atoms. The third kappa shape index (κ3) is 3.28. The molecule has 106 valence electrons. The van der Waals surface area contributed by atoms with Crippen LogP contribution < -0.4 is 15.2 Å². The van der Waals surface area contributed by atoms with Crippen molar-refractivity contribution in [1.82, 2.24) is 9.97 Å². The van der Waals surface area contributed by atoms with Gasteiger partial charge in [-0.3, -0.25) is 0 Å². The molecule has 0 radical (unpaired) electrons. The van der Waals surface area contributed by atoms with Crippen molar-refractivity contribution >= 4 is 33.3 Å². The summed E-state index contributed by atoms with van der Waals surface area (Å²) >= 11 is 5.74.